The summed E-state index contributed by atoms with van der Waals surface area (Å²) in [7, 11) is 0. The number of hydrogen-bond acceptors (Lipinski definition) is 2. The van der Waals surface area contributed by atoms with Gasteiger partial charge in [0.15, 0.2) is 0 Å². The van der Waals surface area contributed by atoms with Crippen molar-refractivity contribution in [3.05, 3.63) is 23.5 Å². The molecule has 0 spiro atoms. The van der Waals surface area contributed by atoms with Crippen LogP contribution >= 0.6 is 0 Å². The van der Waals surface area contributed by atoms with Crippen molar-refractivity contribution < 1.29 is 4.74 Å². The monoisotopic (exact) mass is 233 g/mol. The zero-order valence-electron chi connectivity index (χ0n) is 11.4. The second-order valence-electron chi connectivity index (χ2n) is 5.64. The lowest BCUT2D eigenvalue weighted by Gasteiger charge is -2.24. The van der Waals surface area contributed by atoms with Crippen molar-refractivity contribution >= 4 is 0 Å². The molecular weight excluding hydrogens is 210 g/mol. The Kier molecular flexibility index (Phi) is 3.70. The van der Waals surface area contributed by atoms with Gasteiger partial charge in [-0.25, -0.2) is 0 Å². The van der Waals surface area contributed by atoms with Gasteiger partial charge in [-0.15, -0.1) is 0 Å². The molecule has 1 atom stereocenters. The molecule has 94 valence electrons. The molecule has 2 rings (SSSR count). The fourth-order valence-electron chi connectivity index (χ4n) is 2.73. The molecule has 17 heavy (non-hydrogen) atoms. The second-order valence-corrected chi connectivity index (χ2v) is 5.64. The van der Waals surface area contributed by atoms with Gasteiger partial charge in [0.2, 0.25) is 0 Å². The first-order valence-corrected chi connectivity index (χ1v) is 6.71. The number of aromatic nitrogens is 1. The summed E-state index contributed by atoms with van der Waals surface area (Å²) in [6.07, 6.45) is 6.29. The van der Waals surface area contributed by atoms with Crippen LogP contribution < -0.4 is 4.74 Å². The highest BCUT2D eigenvalue weighted by Gasteiger charge is 2.26. The lowest BCUT2D eigenvalue weighted by molar-refractivity contribution is 0.313. The molecule has 0 aliphatic carbocycles. The molecule has 0 saturated heterocycles. The van der Waals surface area contributed by atoms with Crippen LogP contribution in [0.15, 0.2) is 12.4 Å². The average molecular weight is 233 g/mol. The number of rotatable bonds is 2. The zero-order chi connectivity index (χ0) is 12.4. The van der Waals surface area contributed by atoms with Gasteiger partial charge >= 0.3 is 0 Å². The normalized spacial score (nSPS) is 20.0. The minimum atomic E-state index is 0.514. The van der Waals surface area contributed by atoms with Crippen molar-refractivity contribution in [3.63, 3.8) is 0 Å². The van der Waals surface area contributed by atoms with E-state index in [0.717, 1.165) is 18.8 Å². The molecule has 0 saturated carbocycles. The summed E-state index contributed by atoms with van der Waals surface area (Å²) in [6.45, 7) is 9.92. The quantitative estimate of drug-likeness (QED) is 0.766. The zero-order valence-corrected chi connectivity index (χ0v) is 11.4. The average Bonchev–Trinajstić information content (AvgIpc) is 2.50. The van der Waals surface area contributed by atoms with E-state index in [4.69, 9.17) is 4.74 Å². The summed E-state index contributed by atoms with van der Waals surface area (Å²) in [5.41, 5.74) is 2.78. The van der Waals surface area contributed by atoms with Gasteiger partial charge in [-0.1, -0.05) is 27.7 Å². The van der Waals surface area contributed by atoms with E-state index >= 15 is 0 Å². The van der Waals surface area contributed by atoms with Gasteiger partial charge in [0.1, 0.15) is 5.75 Å². The highest BCUT2D eigenvalue weighted by atomic mass is 16.5. The Labute approximate surface area is 104 Å². The van der Waals surface area contributed by atoms with Gasteiger partial charge in [0.25, 0.3) is 0 Å². The number of fused-ring (bicyclic) bond motifs is 1. The van der Waals surface area contributed by atoms with Gasteiger partial charge < -0.3 is 4.74 Å². The van der Waals surface area contributed by atoms with E-state index in [9.17, 15) is 0 Å². The maximum atomic E-state index is 5.86. The van der Waals surface area contributed by atoms with Crippen LogP contribution in [0.1, 0.15) is 63.5 Å². The molecule has 1 aromatic rings. The van der Waals surface area contributed by atoms with Crippen molar-refractivity contribution in [2.24, 2.45) is 5.92 Å². The lowest BCUT2D eigenvalue weighted by atomic mass is 9.81. The fourth-order valence-corrected chi connectivity index (χ4v) is 2.73. The molecule has 0 aromatic carbocycles. The molecule has 2 nitrogen and oxygen atoms in total. The lowest BCUT2D eigenvalue weighted by Crippen LogP contribution is -2.10. The molecule has 2 heterocycles. The van der Waals surface area contributed by atoms with Crippen molar-refractivity contribution in [1.29, 1.82) is 0 Å². The van der Waals surface area contributed by atoms with Crippen LogP contribution in [-0.2, 0) is 0 Å². The highest BCUT2D eigenvalue weighted by Crippen LogP contribution is 2.41. The first-order chi connectivity index (χ1) is 8.11. The van der Waals surface area contributed by atoms with Crippen LogP contribution in [0.5, 0.6) is 5.75 Å². The van der Waals surface area contributed by atoms with Gasteiger partial charge in [0.05, 0.1) is 12.8 Å². The smallest absolute Gasteiger partial charge is 0.141 e. The molecule has 0 fully saturated rings. The predicted molar refractivity (Wildman–Crippen MR) is 70.6 cm³/mol. The van der Waals surface area contributed by atoms with Gasteiger partial charge in [-0.2, -0.15) is 0 Å². The van der Waals surface area contributed by atoms with E-state index in [0.29, 0.717) is 17.8 Å². The van der Waals surface area contributed by atoms with Crippen molar-refractivity contribution in [3.8, 4) is 5.75 Å². The van der Waals surface area contributed by atoms with E-state index < -0.39 is 0 Å². The van der Waals surface area contributed by atoms with Crippen LogP contribution in [-0.4, -0.2) is 11.6 Å². The third-order valence-corrected chi connectivity index (χ3v) is 3.70. The molecule has 1 aliphatic rings. The van der Waals surface area contributed by atoms with Crippen LogP contribution in [0.25, 0.3) is 0 Å². The summed E-state index contributed by atoms with van der Waals surface area (Å²) in [5.74, 6) is 2.82. The largest absolute Gasteiger partial charge is 0.492 e. The minimum Gasteiger partial charge on any atom is -0.492 e. The van der Waals surface area contributed by atoms with Gasteiger partial charge in [-0.3, -0.25) is 4.98 Å². The Morgan fingerprint density at radius 3 is 2.65 bits per heavy atom. The van der Waals surface area contributed by atoms with Crippen molar-refractivity contribution in [2.75, 3.05) is 6.61 Å². The Hall–Kier alpha value is -1.05. The van der Waals surface area contributed by atoms with Gasteiger partial charge in [-0.05, 0) is 36.2 Å². The number of nitrogens with zero attached hydrogens (tertiary/aromatic N) is 1. The Morgan fingerprint density at radius 1 is 1.24 bits per heavy atom. The minimum absolute atomic E-state index is 0.514. The molecule has 1 unspecified atom stereocenters. The SMILES string of the molecule is CC(C)c1cncc2c1C(C(C)C)CCCO2. The van der Waals surface area contributed by atoms with E-state index in [1.54, 1.807) is 0 Å². The first kappa shape index (κ1) is 12.4. The van der Waals surface area contributed by atoms with Crippen molar-refractivity contribution in [1.82, 2.24) is 4.98 Å². The summed E-state index contributed by atoms with van der Waals surface area (Å²) >= 11 is 0. The van der Waals surface area contributed by atoms with Crippen LogP contribution in [0.4, 0.5) is 0 Å². The molecule has 1 aromatic heterocycles. The molecule has 2 heteroatoms. The summed E-state index contributed by atoms with van der Waals surface area (Å²) < 4.78 is 5.86. The molecular formula is C15H23NO. The number of pyridine rings is 1. The fraction of sp³-hybridized carbons (Fsp3) is 0.667. The Bertz CT molecular complexity index is 385. The summed E-state index contributed by atoms with van der Waals surface area (Å²) in [4.78, 5) is 4.33. The van der Waals surface area contributed by atoms with Crippen LogP contribution in [0.3, 0.4) is 0 Å². The molecule has 0 N–H and O–H groups in total. The topological polar surface area (TPSA) is 22.1 Å². The number of hydrogen-bond donors (Lipinski definition) is 0. The van der Waals surface area contributed by atoms with E-state index in [2.05, 4.69) is 32.7 Å². The van der Waals surface area contributed by atoms with Crippen molar-refractivity contribution in [2.45, 2.75) is 52.4 Å². The number of ether oxygens (including phenoxy) is 1. The molecule has 0 bridgehead atoms. The van der Waals surface area contributed by atoms with Crippen LogP contribution in [0.2, 0.25) is 0 Å². The Morgan fingerprint density at radius 2 is 2.00 bits per heavy atom. The van der Waals surface area contributed by atoms with E-state index in [1.165, 1.54) is 17.5 Å². The Balaban J connectivity index is 2.52. The highest BCUT2D eigenvalue weighted by molar-refractivity contribution is 5.42. The molecule has 1 aliphatic heterocycles. The standard InChI is InChI=1S/C15H23NO/c1-10(2)12-6-5-7-17-14-9-16-8-13(11(3)4)15(12)14/h8-12H,5-7H2,1-4H3. The van der Waals surface area contributed by atoms with E-state index in [1.807, 2.05) is 12.4 Å². The second kappa shape index (κ2) is 5.07. The summed E-state index contributed by atoms with van der Waals surface area (Å²) in [6, 6.07) is 0. The molecule has 0 amide bonds. The molecule has 0 radical (unpaired) electrons. The third-order valence-electron chi connectivity index (χ3n) is 3.70. The maximum absolute atomic E-state index is 5.86. The van der Waals surface area contributed by atoms with E-state index in [-0.39, 0.29) is 0 Å². The summed E-state index contributed by atoms with van der Waals surface area (Å²) in [5, 5.41) is 0. The maximum Gasteiger partial charge on any atom is 0.141 e. The first-order valence-electron chi connectivity index (χ1n) is 6.71. The third kappa shape index (κ3) is 2.46. The predicted octanol–water partition coefficient (Wildman–Crippen LogP) is 4.12. The van der Waals surface area contributed by atoms with Crippen LogP contribution in [0, 0.1) is 5.92 Å². The van der Waals surface area contributed by atoms with Gasteiger partial charge in [0, 0.05) is 11.8 Å².